The predicted molar refractivity (Wildman–Crippen MR) is 102 cm³/mol. The molecule has 1 aliphatic heterocycles. The molecular formula is C18H27N3O5S. The van der Waals surface area contributed by atoms with Gasteiger partial charge < -0.3 is 10.4 Å². The van der Waals surface area contributed by atoms with Gasteiger partial charge in [-0.15, -0.1) is 0 Å². The molecule has 150 valence electrons. The maximum absolute atomic E-state index is 13.0. The molecule has 0 aromatic heterocycles. The van der Waals surface area contributed by atoms with Crippen molar-refractivity contribution in [3.63, 3.8) is 0 Å². The minimum absolute atomic E-state index is 0.0616. The lowest BCUT2D eigenvalue weighted by Gasteiger charge is -2.27. The minimum atomic E-state index is -3.81. The molecular weight excluding hydrogens is 370 g/mol. The smallest absolute Gasteiger partial charge is 0.270 e. The van der Waals surface area contributed by atoms with Gasteiger partial charge in [0.2, 0.25) is 10.0 Å². The van der Waals surface area contributed by atoms with Crippen LogP contribution in [-0.2, 0) is 10.0 Å². The molecule has 1 heterocycles. The van der Waals surface area contributed by atoms with E-state index in [9.17, 15) is 23.6 Å². The van der Waals surface area contributed by atoms with Crippen molar-refractivity contribution in [2.24, 2.45) is 11.3 Å². The number of nitro benzene ring substituents is 1. The van der Waals surface area contributed by atoms with Crippen molar-refractivity contribution in [3.8, 4) is 0 Å². The summed E-state index contributed by atoms with van der Waals surface area (Å²) in [5.41, 5.74) is -0.152. The maximum atomic E-state index is 13.0. The highest BCUT2D eigenvalue weighted by Crippen LogP contribution is 2.51. The first-order chi connectivity index (χ1) is 12.7. The van der Waals surface area contributed by atoms with Crippen LogP contribution in [0.1, 0.15) is 39.5 Å². The van der Waals surface area contributed by atoms with Gasteiger partial charge in [-0.2, -0.15) is 4.31 Å². The largest absolute Gasteiger partial charge is 0.392 e. The van der Waals surface area contributed by atoms with E-state index in [-0.39, 0.29) is 21.9 Å². The minimum Gasteiger partial charge on any atom is -0.392 e. The van der Waals surface area contributed by atoms with E-state index in [2.05, 4.69) is 5.32 Å². The monoisotopic (exact) mass is 397 g/mol. The van der Waals surface area contributed by atoms with Crippen LogP contribution in [0.4, 0.5) is 11.4 Å². The molecule has 2 N–H and O–H groups in total. The second-order valence-electron chi connectivity index (χ2n) is 7.95. The zero-order chi connectivity index (χ0) is 19.8. The first kappa shape index (κ1) is 20.0. The van der Waals surface area contributed by atoms with Crippen molar-refractivity contribution in [2.45, 2.75) is 50.5 Å². The van der Waals surface area contributed by atoms with Crippen LogP contribution in [0.25, 0.3) is 0 Å². The third-order valence-electron chi connectivity index (χ3n) is 5.64. The molecule has 0 amide bonds. The molecule has 2 fully saturated rings. The van der Waals surface area contributed by atoms with Gasteiger partial charge in [0, 0.05) is 37.2 Å². The maximum Gasteiger partial charge on any atom is 0.270 e. The molecule has 1 saturated heterocycles. The summed E-state index contributed by atoms with van der Waals surface area (Å²) in [4.78, 5) is 10.5. The molecule has 1 saturated carbocycles. The highest BCUT2D eigenvalue weighted by atomic mass is 32.2. The number of nitrogens with one attached hydrogen (secondary N) is 1. The number of hydrogen-bond acceptors (Lipinski definition) is 6. The van der Waals surface area contributed by atoms with E-state index in [1.165, 1.54) is 16.4 Å². The van der Waals surface area contributed by atoms with Gasteiger partial charge in [0.15, 0.2) is 0 Å². The van der Waals surface area contributed by atoms with Gasteiger partial charge in [0.25, 0.3) is 5.69 Å². The third-order valence-corrected chi connectivity index (χ3v) is 7.58. The number of aliphatic hydroxyl groups excluding tert-OH is 1. The lowest BCUT2D eigenvalue weighted by Crippen LogP contribution is -2.34. The Morgan fingerprint density at radius 1 is 1.30 bits per heavy atom. The van der Waals surface area contributed by atoms with Crippen LogP contribution in [-0.4, -0.2) is 48.5 Å². The van der Waals surface area contributed by atoms with E-state index in [1.54, 1.807) is 0 Å². The number of anilines is 1. The van der Waals surface area contributed by atoms with Crippen molar-refractivity contribution < 1.29 is 18.4 Å². The third kappa shape index (κ3) is 3.95. The van der Waals surface area contributed by atoms with Gasteiger partial charge >= 0.3 is 0 Å². The Kier molecular flexibility index (Phi) is 5.47. The number of nitro groups is 1. The average molecular weight is 397 g/mol. The van der Waals surface area contributed by atoms with Crippen LogP contribution in [0.3, 0.4) is 0 Å². The second kappa shape index (κ2) is 7.37. The van der Waals surface area contributed by atoms with E-state index in [0.29, 0.717) is 25.3 Å². The quantitative estimate of drug-likeness (QED) is 0.515. The molecule has 1 aliphatic carbocycles. The molecule has 0 bridgehead atoms. The van der Waals surface area contributed by atoms with Crippen LogP contribution in [0.5, 0.6) is 0 Å². The van der Waals surface area contributed by atoms with Gasteiger partial charge in [-0.05, 0) is 37.7 Å². The average Bonchev–Trinajstić information content (AvgIpc) is 3.20. The Hall–Kier alpha value is -1.71. The van der Waals surface area contributed by atoms with E-state index in [4.69, 9.17) is 0 Å². The fourth-order valence-corrected chi connectivity index (χ4v) is 5.47. The Morgan fingerprint density at radius 2 is 1.93 bits per heavy atom. The summed E-state index contributed by atoms with van der Waals surface area (Å²) in [5.74, 6) is 0.110. The summed E-state index contributed by atoms with van der Waals surface area (Å²) in [6, 6.07) is 3.90. The zero-order valence-electron chi connectivity index (χ0n) is 15.7. The fourth-order valence-electron chi connectivity index (χ4n) is 3.77. The summed E-state index contributed by atoms with van der Waals surface area (Å²) < 4.78 is 27.4. The second-order valence-corrected chi connectivity index (χ2v) is 9.86. The predicted octanol–water partition coefficient (Wildman–Crippen LogP) is 2.59. The van der Waals surface area contributed by atoms with Crippen LogP contribution in [0, 0.1) is 21.4 Å². The lowest BCUT2D eigenvalue weighted by molar-refractivity contribution is -0.385. The number of non-ortho nitro benzene ring substituents is 1. The lowest BCUT2D eigenvalue weighted by atomic mass is 9.90. The Labute approximate surface area is 159 Å². The molecule has 1 aromatic carbocycles. The molecule has 0 radical (unpaired) electrons. The molecule has 27 heavy (non-hydrogen) atoms. The molecule has 1 atom stereocenters. The normalized spacial score (nSPS) is 20.6. The molecule has 3 rings (SSSR count). The number of hydrogen-bond donors (Lipinski definition) is 2. The van der Waals surface area contributed by atoms with Crippen molar-refractivity contribution in [1.82, 2.24) is 4.31 Å². The van der Waals surface area contributed by atoms with E-state index in [0.717, 1.165) is 31.7 Å². The van der Waals surface area contributed by atoms with Crippen LogP contribution < -0.4 is 5.32 Å². The van der Waals surface area contributed by atoms with Crippen molar-refractivity contribution in [3.05, 3.63) is 28.3 Å². The van der Waals surface area contributed by atoms with Crippen LogP contribution in [0.2, 0.25) is 0 Å². The van der Waals surface area contributed by atoms with Gasteiger partial charge in [0.05, 0.1) is 16.7 Å². The summed E-state index contributed by atoms with van der Waals surface area (Å²) in [5, 5.41) is 24.8. The zero-order valence-corrected chi connectivity index (χ0v) is 16.5. The first-order valence-electron chi connectivity index (χ1n) is 9.38. The van der Waals surface area contributed by atoms with Crippen molar-refractivity contribution in [1.29, 1.82) is 0 Å². The standard InChI is InChI=1S/C18H27N3O5S/c1-13(2)17(22)18(7-8-18)12-19-15-6-5-14(21(23)24)11-16(15)27(25,26)20-9-3-4-10-20/h5-6,11,13,17,19,22H,3-4,7-10,12H2,1-2H3/t17-/m0/s1. The molecule has 9 heteroatoms. The SMILES string of the molecule is CC(C)[C@H](O)C1(CNc2ccc([N+](=O)[O-])cc2S(=O)(=O)N2CCCC2)CC1. The summed E-state index contributed by atoms with van der Waals surface area (Å²) in [7, 11) is -3.81. The molecule has 2 aliphatic rings. The Morgan fingerprint density at radius 3 is 2.44 bits per heavy atom. The number of benzene rings is 1. The van der Waals surface area contributed by atoms with Crippen molar-refractivity contribution >= 4 is 21.4 Å². The van der Waals surface area contributed by atoms with E-state index in [1.807, 2.05) is 13.8 Å². The summed E-state index contributed by atoms with van der Waals surface area (Å²) >= 11 is 0. The molecule has 8 nitrogen and oxygen atoms in total. The highest BCUT2D eigenvalue weighted by molar-refractivity contribution is 7.89. The molecule has 0 spiro atoms. The summed E-state index contributed by atoms with van der Waals surface area (Å²) in [6.07, 6.45) is 2.86. The topological polar surface area (TPSA) is 113 Å². The molecule has 1 aromatic rings. The van der Waals surface area contributed by atoms with Crippen LogP contribution >= 0.6 is 0 Å². The van der Waals surface area contributed by atoms with Crippen molar-refractivity contribution in [2.75, 3.05) is 25.0 Å². The number of nitrogens with zero attached hydrogens (tertiary/aromatic N) is 2. The number of aliphatic hydroxyl groups is 1. The van der Waals surface area contributed by atoms with Gasteiger partial charge in [0.1, 0.15) is 4.90 Å². The van der Waals surface area contributed by atoms with Gasteiger partial charge in [-0.3, -0.25) is 10.1 Å². The van der Waals surface area contributed by atoms with Crippen LogP contribution in [0.15, 0.2) is 23.1 Å². The number of rotatable bonds is 8. The Balaban J connectivity index is 1.90. The van der Waals surface area contributed by atoms with Gasteiger partial charge in [-0.1, -0.05) is 13.8 Å². The number of sulfonamides is 1. The van der Waals surface area contributed by atoms with E-state index >= 15 is 0 Å². The fraction of sp³-hybridized carbons (Fsp3) is 0.667. The van der Waals surface area contributed by atoms with E-state index < -0.39 is 21.1 Å². The highest BCUT2D eigenvalue weighted by Gasteiger charge is 2.49. The van der Waals surface area contributed by atoms with Gasteiger partial charge in [-0.25, -0.2) is 8.42 Å². The molecule has 0 unspecified atom stereocenters. The first-order valence-corrected chi connectivity index (χ1v) is 10.8. The Bertz CT molecular complexity index is 814. The summed E-state index contributed by atoms with van der Waals surface area (Å²) in [6.45, 7) is 5.22.